The Balaban J connectivity index is 1.98. The third kappa shape index (κ3) is 3.98. The number of benzene rings is 2. The van der Waals surface area contributed by atoms with Crippen LogP contribution in [0.2, 0.25) is 0 Å². The van der Waals surface area contributed by atoms with E-state index in [1.807, 2.05) is 0 Å². The zero-order valence-electron chi connectivity index (χ0n) is 11.1. The van der Waals surface area contributed by atoms with Gasteiger partial charge >= 0.3 is 0 Å². The summed E-state index contributed by atoms with van der Waals surface area (Å²) in [6, 6.07) is 7.76. The molecule has 114 valence electrons. The summed E-state index contributed by atoms with van der Waals surface area (Å²) < 4.78 is 31.2. The second kappa shape index (κ2) is 6.61. The first-order chi connectivity index (χ1) is 10.5. The molecule has 0 aliphatic carbocycles. The van der Waals surface area contributed by atoms with Gasteiger partial charge in [0.05, 0.1) is 10.6 Å². The minimum absolute atomic E-state index is 0.260. The third-order valence-corrected chi connectivity index (χ3v) is 2.62. The predicted molar refractivity (Wildman–Crippen MR) is 73.6 cm³/mol. The van der Waals surface area contributed by atoms with Crippen molar-refractivity contribution in [1.29, 1.82) is 0 Å². The number of hydrogen-bond acceptors (Lipinski definition) is 4. The molecule has 1 N–H and O–H groups in total. The molecule has 0 bridgehead atoms. The second-order valence-corrected chi connectivity index (χ2v) is 4.21. The van der Waals surface area contributed by atoms with E-state index < -0.39 is 29.1 Å². The Kier molecular flexibility index (Phi) is 4.62. The molecule has 0 aromatic heterocycles. The van der Waals surface area contributed by atoms with Crippen molar-refractivity contribution in [2.24, 2.45) is 0 Å². The van der Waals surface area contributed by atoms with E-state index in [4.69, 9.17) is 4.74 Å². The number of nitro benzene ring substituents is 1. The van der Waals surface area contributed by atoms with Gasteiger partial charge in [-0.3, -0.25) is 14.9 Å². The molecule has 0 unspecified atom stereocenters. The van der Waals surface area contributed by atoms with E-state index in [9.17, 15) is 23.7 Å². The molecule has 2 rings (SSSR count). The molecule has 8 heteroatoms. The van der Waals surface area contributed by atoms with Crippen molar-refractivity contribution in [3.63, 3.8) is 0 Å². The average Bonchev–Trinajstić information content (AvgIpc) is 2.48. The number of ether oxygens (including phenoxy) is 1. The van der Waals surface area contributed by atoms with E-state index in [-0.39, 0.29) is 17.1 Å². The predicted octanol–water partition coefficient (Wildman–Crippen LogP) is 2.89. The summed E-state index contributed by atoms with van der Waals surface area (Å²) in [5, 5.41) is 12.8. The maximum absolute atomic E-state index is 13.5. The minimum Gasteiger partial charge on any atom is -0.484 e. The Morgan fingerprint density at radius 2 is 1.86 bits per heavy atom. The second-order valence-electron chi connectivity index (χ2n) is 4.21. The van der Waals surface area contributed by atoms with Crippen LogP contribution in [0.15, 0.2) is 42.5 Å². The van der Waals surface area contributed by atoms with E-state index in [0.29, 0.717) is 0 Å². The van der Waals surface area contributed by atoms with Gasteiger partial charge in [0, 0.05) is 12.1 Å². The first-order valence-corrected chi connectivity index (χ1v) is 6.08. The van der Waals surface area contributed by atoms with E-state index in [1.54, 1.807) is 0 Å². The van der Waals surface area contributed by atoms with E-state index in [0.717, 1.165) is 30.3 Å². The van der Waals surface area contributed by atoms with Gasteiger partial charge in [-0.1, -0.05) is 0 Å². The van der Waals surface area contributed by atoms with Crippen LogP contribution in [0, 0.1) is 21.7 Å². The van der Waals surface area contributed by atoms with Gasteiger partial charge in [0.2, 0.25) is 0 Å². The Bertz CT molecular complexity index is 704. The van der Waals surface area contributed by atoms with Gasteiger partial charge in [-0.15, -0.1) is 0 Å². The Labute approximate surface area is 123 Å². The summed E-state index contributed by atoms with van der Waals surface area (Å²) in [4.78, 5) is 21.5. The van der Waals surface area contributed by atoms with E-state index in [2.05, 4.69) is 5.32 Å². The number of hydrogen-bond donors (Lipinski definition) is 1. The van der Waals surface area contributed by atoms with Crippen molar-refractivity contribution in [3.05, 3.63) is 64.2 Å². The van der Waals surface area contributed by atoms with Crippen molar-refractivity contribution in [2.45, 2.75) is 0 Å². The molecule has 0 heterocycles. The summed E-state index contributed by atoms with van der Waals surface area (Å²) >= 11 is 0. The molecule has 0 aliphatic heterocycles. The van der Waals surface area contributed by atoms with Crippen LogP contribution in [-0.4, -0.2) is 17.4 Å². The number of halogens is 2. The maximum atomic E-state index is 13.5. The lowest BCUT2D eigenvalue weighted by Crippen LogP contribution is -2.20. The van der Waals surface area contributed by atoms with Gasteiger partial charge in [0.25, 0.3) is 11.6 Å². The first-order valence-electron chi connectivity index (χ1n) is 6.08. The summed E-state index contributed by atoms with van der Waals surface area (Å²) in [5.41, 5.74) is -0.668. The van der Waals surface area contributed by atoms with Crippen LogP contribution in [0.5, 0.6) is 5.75 Å². The van der Waals surface area contributed by atoms with Crippen LogP contribution in [0.3, 0.4) is 0 Å². The van der Waals surface area contributed by atoms with Gasteiger partial charge < -0.3 is 10.1 Å². The zero-order chi connectivity index (χ0) is 16.1. The fourth-order valence-corrected chi connectivity index (χ4v) is 1.59. The first kappa shape index (κ1) is 15.4. The SMILES string of the molecule is O=C(COc1ccc(F)cc1)Nc1cc([N+](=O)[O-])ccc1F. The van der Waals surface area contributed by atoms with Gasteiger partial charge in [-0.2, -0.15) is 0 Å². The van der Waals surface area contributed by atoms with Crippen molar-refractivity contribution in [2.75, 3.05) is 11.9 Å². The van der Waals surface area contributed by atoms with Crippen molar-refractivity contribution in [3.8, 4) is 5.75 Å². The molecule has 6 nitrogen and oxygen atoms in total. The zero-order valence-corrected chi connectivity index (χ0v) is 11.1. The monoisotopic (exact) mass is 308 g/mol. The van der Waals surface area contributed by atoms with Gasteiger partial charge in [-0.25, -0.2) is 8.78 Å². The summed E-state index contributed by atoms with van der Waals surface area (Å²) in [6.45, 7) is -0.451. The van der Waals surface area contributed by atoms with Crippen molar-refractivity contribution < 1.29 is 23.2 Å². The van der Waals surface area contributed by atoms with Crippen LogP contribution < -0.4 is 10.1 Å². The highest BCUT2D eigenvalue weighted by Crippen LogP contribution is 2.21. The van der Waals surface area contributed by atoms with Crippen molar-refractivity contribution in [1.82, 2.24) is 0 Å². The highest BCUT2D eigenvalue weighted by atomic mass is 19.1. The number of anilines is 1. The molecule has 0 fully saturated rings. The number of nitrogens with zero attached hydrogens (tertiary/aromatic N) is 1. The van der Waals surface area contributed by atoms with Crippen LogP contribution in [0.25, 0.3) is 0 Å². The fourth-order valence-electron chi connectivity index (χ4n) is 1.59. The molecule has 22 heavy (non-hydrogen) atoms. The summed E-state index contributed by atoms with van der Waals surface area (Å²) in [7, 11) is 0. The molecule has 0 radical (unpaired) electrons. The number of nitrogens with one attached hydrogen (secondary N) is 1. The summed E-state index contributed by atoms with van der Waals surface area (Å²) in [6.07, 6.45) is 0. The third-order valence-electron chi connectivity index (χ3n) is 2.62. The quantitative estimate of drug-likeness (QED) is 0.680. The van der Waals surface area contributed by atoms with Gasteiger partial charge in [0.15, 0.2) is 6.61 Å². The average molecular weight is 308 g/mol. The van der Waals surface area contributed by atoms with Gasteiger partial charge in [0.1, 0.15) is 17.4 Å². The summed E-state index contributed by atoms with van der Waals surface area (Å²) in [5.74, 6) is -1.70. The Morgan fingerprint density at radius 1 is 1.18 bits per heavy atom. The van der Waals surface area contributed by atoms with E-state index >= 15 is 0 Å². The topological polar surface area (TPSA) is 81.5 Å². The molecule has 0 aliphatic rings. The molecule has 0 saturated heterocycles. The van der Waals surface area contributed by atoms with Crippen molar-refractivity contribution >= 4 is 17.3 Å². The maximum Gasteiger partial charge on any atom is 0.271 e. The molecular formula is C14H10F2N2O4. The number of non-ortho nitro benzene ring substituents is 1. The van der Waals surface area contributed by atoms with Crippen LogP contribution >= 0.6 is 0 Å². The lowest BCUT2D eigenvalue weighted by molar-refractivity contribution is -0.384. The highest BCUT2D eigenvalue weighted by molar-refractivity contribution is 5.92. The van der Waals surface area contributed by atoms with Crippen LogP contribution in [-0.2, 0) is 4.79 Å². The number of carbonyl (C=O) groups is 1. The lowest BCUT2D eigenvalue weighted by atomic mass is 10.2. The normalized spacial score (nSPS) is 10.1. The lowest BCUT2D eigenvalue weighted by Gasteiger charge is -2.08. The molecule has 2 aromatic carbocycles. The smallest absolute Gasteiger partial charge is 0.271 e. The molecule has 0 atom stereocenters. The van der Waals surface area contributed by atoms with Gasteiger partial charge in [-0.05, 0) is 30.3 Å². The number of rotatable bonds is 5. The van der Waals surface area contributed by atoms with Crippen LogP contribution in [0.1, 0.15) is 0 Å². The molecule has 2 aromatic rings. The molecular weight excluding hydrogens is 298 g/mol. The standard InChI is InChI=1S/C14H10F2N2O4/c15-9-1-4-11(5-2-9)22-8-14(19)17-13-7-10(18(20)21)3-6-12(13)16/h1-7H,8H2,(H,17,19). The van der Waals surface area contributed by atoms with Crippen LogP contribution in [0.4, 0.5) is 20.2 Å². The fraction of sp³-hybridized carbons (Fsp3) is 0.0714. The Hall–Kier alpha value is -3.03. The number of carbonyl (C=O) groups excluding carboxylic acids is 1. The van der Waals surface area contributed by atoms with E-state index in [1.165, 1.54) is 12.1 Å². The minimum atomic E-state index is -0.805. The molecule has 0 spiro atoms. The largest absolute Gasteiger partial charge is 0.484 e. The Morgan fingerprint density at radius 3 is 2.50 bits per heavy atom. The molecule has 0 saturated carbocycles. The number of amides is 1. The number of nitro groups is 1. The molecule has 1 amide bonds. The highest BCUT2D eigenvalue weighted by Gasteiger charge is 2.13.